The Hall–Kier alpha value is -2.11. The number of nitrogens with zero attached hydrogens (tertiary/aromatic N) is 2. The number of amidine groups is 1. The zero-order chi connectivity index (χ0) is 16.0. The Kier molecular flexibility index (Phi) is 3.28. The van der Waals surface area contributed by atoms with E-state index in [0.717, 1.165) is 11.3 Å². The van der Waals surface area contributed by atoms with Gasteiger partial charge in [0.25, 0.3) is 0 Å². The highest BCUT2D eigenvalue weighted by molar-refractivity contribution is 7.79. The number of Topliss-reactive ketones (excluding diaryl/α,β-unsaturated/α-hetero) is 1. The van der Waals surface area contributed by atoms with E-state index in [4.69, 9.17) is 0 Å². The van der Waals surface area contributed by atoms with Crippen molar-refractivity contribution >= 4 is 35.6 Å². The second-order valence-corrected chi connectivity index (χ2v) is 6.19. The first kappa shape index (κ1) is 14.5. The summed E-state index contributed by atoms with van der Waals surface area (Å²) in [5.74, 6) is 0.713. The summed E-state index contributed by atoms with van der Waals surface area (Å²) in [6, 6.07) is 15.2. The minimum Gasteiger partial charge on any atom is -0.374 e. The van der Waals surface area contributed by atoms with Gasteiger partial charge in [-0.3, -0.25) is 4.79 Å². The molecule has 0 unspecified atom stereocenters. The highest BCUT2D eigenvalue weighted by Gasteiger charge is 2.52. The smallest absolute Gasteiger partial charge is 0.204 e. The van der Waals surface area contributed by atoms with E-state index >= 15 is 0 Å². The molecule has 2 aliphatic heterocycles. The van der Waals surface area contributed by atoms with E-state index in [2.05, 4.69) is 17.6 Å². The van der Waals surface area contributed by atoms with Crippen LogP contribution in [0.5, 0.6) is 0 Å². The predicted molar refractivity (Wildman–Crippen MR) is 93.9 cm³/mol. The maximum absolute atomic E-state index is 12.9. The molecule has 1 N–H and O–H groups in total. The molecule has 1 fully saturated rings. The molecule has 0 aliphatic carbocycles. The number of carbonyl (C=O) groups excluding carboxylic acids is 1. The first-order chi connectivity index (χ1) is 11.1. The molecule has 23 heavy (non-hydrogen) atoms. The lowest BCUT2D eigenvalue weighted by Crippen LogP contribution is -2.48. The van der Waals surface area contributed by atoms with Gasteiger partial charge >= 0.3 is 0 Å². The lowest BCUT2D eigenvalue weighted by Gasteiger charge is -2.29. The van der Waals surface area contributed by atoms with Gasteiger partial charge in [-0.1, -0.05) is 24.3 Å². The van der Waals surface area contributed by atoms with Crippen molar-refractivity contribution in [3.63, 3.8) is 0 Å². The Morgan fingerprint density at radius 3 is 2.74 bits per heavy atom. The zero-order valence-corrected chi connectivity index (χ0v) is 13.3. The number of ketones is 1. The maximum atomic E-state index is 12.9. The molecule has 0 aromatic heterocycles. The number of aliphatic hydroxyl groups is 1. The quantitative estimate of drug-likeness (QED) is 0.835. The molecule has 2 aromatic rings. The number of para-hydroxylation sites is 1. The molecule has 0 amide bonds. The molecule has 0 saturated carbocycles. The fourth-order valence-electron chi connectivity index (χ4n) is 3.24. The SMILES string of the molecule is O=C1c2cc(CS)ccc2N=C2N(c3ccccc3)CC[C@@]12O. The maximum Gasteiger partial charge on any atom is 0.204 e. The van der Waals surface area contributed by atoms with Crippen LogP contribution < -0.4 is 4.90 Å². The summed E-state index contributed by atoms with van der Waals surface area (Å²) in [5.41, 5.74) is 1.45. The average molecular weight is 324 g/mol. The normalized spacial score (nSPS) is 22.6. The molecule has 1 atom stereocenters. The van der Waals surface area contributed by atoms with Crippen molar-refractivity contribution in [2.24, 2.45) is 4.99 Å². The first-order valence-corrected chi connectivity index (χ1v) is 8.19. The molecule has 5 heteroatoms. The molecule has 2 aromatic carbocycles. The summed E-state index contributed by atoms with van der Waals surface area (Å²) >= 11 is 4.25. The summed E-state index contributed by atoms with van der Waals surface area (Å²) in [5, 5.41) is 11.0. The van der Waals surface area contributed by atoms with Gasteiger partial charge in [-0.15, -0.1) is 0 Å². The molecule has 1 saturated heterocycles. The van der Waals surface area contributed by atoms with Crippen LogP contribution in [0.3, 0.4) is 0 Å². The predicted octanol–water partition coefficient (Wildman–Crippen LogP) is 2.98. The summed E-state index contributed by atoms with van der Waals surface area (Å²) in [6.45, 7) is 0.568. The Bertz CT molecular complexity index is 819. The van der Waals surface area contributed by atoms with Gasteiger partial charge in [0.05, 0.1) is 5.69 Å². The molecule has 4 nitrogen and oxygen atoms in total. The van der Waals surface area contributed by atoms with Crippen molar-refractivity contribution in [3.05, 3.63) is 59.7 Å². The van der Waals surface area contributed by atoms with Crippen LogP contribution in [-0.4, -0.2) is 28.9 Å². The standard InChI is InChI=1S/C18H16N2O2S/c21-16-14-10-12(11-23)6-7-15(14)19-17-18(16,22)8-9-20(17)13-4-2-1-3-5-13/h1-7,10,22-23H,8-9,11H2/t18-/m1/s1. The first-order valence-electron chi connectivity index (χ1n) is 7.56. The number of aliphatic imine (C=N–C) groups is 1. The van der Waals surface area contributed by atoms with Crippen LogP contribution in [0.2, 0.25) is 0 Å². The van der Waals surface area contributed by atoms with E-state index in [-0.39, 0.29) is 5.78 Å². The number of thiol groups is 1. The van der Waals surface area contributed by atoms with Gasteiger partial charge in [-0.25, -0.2) is 4.99 Å². The second-order valence-electron chi connectivity index (χ2n) is 5.87. The van der Waals surface area contributed by atoms with Gasteiger partial charge in [0.2, 0.25) is 5.78 Å². The van der Waals surface area contributed by atoms with E-state index in [1.165, 1.54) is 0 Å². The van der Waals surface area contributed by atoms with Gasteiger partial charge in [0, 0.05) is 30.0 Å². The average Bonchev–Trinajstić information content (AvgIpc) is 2.94. The summed E-state index contributed by atoms with van der Waals surface area (Å²) in [4.78, 5) is 19.4. The number of rotatable bonds is 2. The Morgan fingerprint density at radius 2 is 2.00 bits per heavy atom. The van der Waals surface area contributed by atoms with Crippen LogP contribution in [0.25, 0.3) is 0 Å². The molecular weight excluding hydrogens is 308 g/mol. The van der Waals surface area contributed by atoms with Crippen molar-refractivity contribution in [2.45, 2.75) is 17.8 Å². The molecule has 116 valence electrons. The number of hydrogen-bond donors (Lipinski definition) is 2. The highest BCUT2D eigenvalue weighted by Crippen LogP contribution is 2.39. The summed E-state index contributed by atoms with van der Waals surface area (Å²) in [7, 11) is 0. The zero-order valence-electron chi connectivity index (χ0n) is 12.4. The monoisotopic (exact) mass is 324 g/mol. The van der Waals surface area contributed by atoms with E-state index < -0.39 is 5.60 Å². The molecule has 0 bridgehead atoms. The van der Waals surface area contributed by atoms with Crippen LogP contribution in [0.15, 0.2) is 53.5 Å². The van der Waals surface area contributed by atoms with Crippen LogP contribution in [-0.2, 0) is 5.75 Å². The number of fused-ring (bicyclic) bond motifs is 2. The number of hydrogen-bond acceptors (Lipinski definition) is 5. The van der Waals surface area contributed by atoms with Gasteiger partial charge < -0.3 is 10.0 Å². The van der Waals surface area contributed by atoms with Gasteiger partial charge in [0.1, 0.15) is 5.84 Å². The van der Waals surface area contributed by atoms with Crippen molar-refractivity contribution in [1.82, 2.24) is 0 Å². The molecule has 0 spiro atoms. The number of anilines is 1. The van der Waals surface area contributed by atoms with Gasteiger partial charge in [-0.05, 0) is 29.8 Å². The van der Waals surface area contributed by atoms with Crippen LogP contribution >= 0.6 is 12.6 Å². The lowest BCUT2D eigenvalue weighted by molar-refractivity contribution is 0.0602. The van der Waals surface area contributed by atoms with Crippen LogP contribution in [0.4, 0.5) is 11.4 Å². The highest BCUT2D eigenvalue weighted by atomic mass is 32.1. The van der Waals surface area contributed by atoms with E-state index in [0.29, 0.717) is 35.8 Å². The Labute approximate surface area is 139 Å². The van der Waals surface area contributed by atoms with Crippen molar-refractivity contribution in [2.75, 3.05) is 11.4 Å². The second kappa shape index (κ2) is 5.22. The van der Waals surface area contributed by atoms with Crippen LogP contribution in [0, 0.1) is 0 Å². The Balaban J connectivity index is 1.85. The topological polar surface area (TPSA) is 52.9 Å². The Morgan fingerprint density at radius 1 is 1.22 bits per heavy atom. The van der Waals surface area contributed by atoms with Crippen LogP contribution in [0.1, 0.15) is 22.3 Å². The van der Waals surface area contributed by atoms with Gasteiger partial charge in [-0.2, -0.15) is 12.6 Å². The lowest BCUT2D eigenvalue weighted by atomic mass is 9.87. The molecule has 2 aliphatic rings. The van der Waals surface area contributed by atoms with Crippen molar-refractivity contribution in [1.29, 1.82) is 0 Å². The third-order valence-corrected chi connectivity index (χ3v) is 4.85. The third-order valence-electron chi connectivity index (χ3n) is 4.48. The molecule has 2 heterocycles. The third kappa shape index (κ3) is 2.11. The number of benzene rings is 2. The van der Waals surface area contributed by atoms with E-state index in [9.17, 15) is 9.90 Å². The van der Waals surface area contributed by atoms with Crippen molar-refractivity contribution in [3.8, 4) is 0 Å². The fourth-order valence-corrected chi connectivity index (χ4v) is 3.44. The summed E-state index contributed by atoms with van der Waals surface area (Å²) < 4.78 is 0. The van der Waals surface area contributed by atoms with Crippen molar-refractivity contribution < 1.29 is 9.90 Å². The molecule has 4 rings (SSSR count). The van der Waals surface area contributed by atoms with E-state index in [1.54, 1.807) is 6.07 Å². The largest absolute Gasteiger partial charge is 0.374 e. The fraction of sp³-hybridized carbons (Fsp3) is 0.222. The summed E-state index contributed by atoms with van der Waals surface area (Å²) in [6.07, 6.45) is 0.351. The van der Waals surface area contributed by atoms with E-state index in [1.807, 2.05) is 47.4 Å². The molecular formula is C18H16N2O2S. The minimum absolute atomic E-state index is 0.264. The minimum atomic E-state index is -1.53. The molecule has 0 radical (unpaired) electrons. The number of carbonyl (C=O) groups is 1. The van der Waals surface area contributed by atoms with Gasteiger partial charge in [0.15, 0.2) is 5.60 Å².